The van der Waals surface area contributed by atoms with Crippen molar-refractivity contribution in [1.82, 2.24) is 9.30 Å². The number of carbonyl (C=O) groups excluding carboxylic acids is 2. The van der Waals surface area contributed by atoms with Crippen molar-refractivity contribution in [3.05, 3.63) is 66.2 Å². The lowest BCUT2D eigenvalue weighted by atomic mass is 9.98. The van der Waals surface area contributed by atoms with E-state index in [1.54, 1.807) is 27.6 Å². The molecule has 3 aromatic rings. The maximum atomic E-state index is 13.3. The van der Waals surface area contributed by atoms with Crippen LogP contribution in [0, 0.1) is 11.7 Å². The molecule has 4 rings (SSSR count). The van der Waals surface area contributed by atoms with Gasteiger partial charge in [0.2, 0.25) is 0 Å². The van der Waals surface area contributed by atoms with Crippen LogP contribution in [0.1, 0.15) is 30.3 Å². The Kier molecular flexibility index (Phi) is 4.52. The van der Waals surface area contributed by atoms with Crippen molar-refractivity contribution in [2.45, 2.75) is 19.8 Å². The summed E-state index contributed by atoms with van der Waals surface area (Å²) in [6, 6.07) is 13.4. The van der Waals surface area contributed by atoms with E-state index in [-0.39, 0.29) is 5.82 Å². The molecule has 3 heterocycles. The van der Waals surface area contributed by atoms with E-state index in [2.05, 4.69) is 6.92 Å². The number of rotatable bonds is 3. The Morgan fingerprint density at radius 3 is 2.44 bits per heavy atom. The van der Waals surface area contributed by atoms with E-state index in [0.717, 1.165) is 18.4 Å². The minimum atomic E-state index is -0.518. The molecule has 27 heavy (non-hydrogen) atoms. The van der Waals surface area contributed by atoms with Crippen molar-refractivity contribution >= 4 is 17.2 Å². The van der Waals surface area contributed by atoms with Crippen LogP contribution in [-0.4, -0.2) is 34.1 Å². The quantitative estimate of drug-likeness (QED) is 0.517. The Hall–Kier alpha value is -2.95. The number of pyridine rings is 1. The van der Waals surface area contributed by atoms with Gasteiger partial charge < -0.3 is 9.30 Å². The highest BCUT2D eigenvalue weighted by atomic mass is 19.1. The number of fused-ring (bicyclic) bond motifs is 1. The first-order chi connectivity index (χ1) is 13.0. The minimum absolute atomic E-state index is 0.334. The lowest BCUT2D eigenvalue weighted by Crippen LogP contribution is -2.42. The van der Waals surface area contributed by atoms with Gasteiger partial charge in [0.1, 0.15) is 11.5 Å². The summed E-state index contributed by atoms with van der Waals surface area (Å²) in [5.41, 5.74) is 2.51. The number of hydrogen-bond acceptors (Lipinski definition) is 2. The Morgan fingerprint density at radius 2 is 1.74 bits per heavy atom. The van der Waals surface area contributed by atoms with E-state index >= 15 is 0 Å². The van der Waals surface area contributed by atoms with Crippen molar-refractivity contribution < 1.29 is 14.0 Å². The van der Waals surface area contributed by atoms with E-state index in [9.17, 15) is 14.0 Å². The molecular weight excluding hydrogens is 343 g/mol. The van der Waals surface area contributed by atoms with E-state index < -0.39 is 11.7 Å². The summed E-state index contributed by atoms with van der Waals surface area (Å²) in [5, 5.41) is 0. The molecule has 1 aliphatic rings. The molecule has 0 saturated carbocycles. The number of nitrogens with zero attached hydrogens (tertiary/aromatic N) is 2. The predicted molar refractivity (Wildman–Crippen MR) is 102 cm³/mol. The summed E-state index contributed by atoms with van der Waals surface area (Å²) < 4.78 is 15.1. The summed E-state index contributed by atoms with van der Waals surface area (Å²) >= 11 is 0. The highest BCUT2D eigenvalue weighted by Gasteiger charge is 2.30. The molecule has 1 saturated heterocycles. The molecule has 0 aliphatic carbocycles. The molecule has 0 bridgehead atoms. The Morgan fingerprint density at radius 1 is 1.04 bits per heavy atom. The Bertz CT molecular complexity index is 999. The van der Waals surface area contributed by atoms with Gasteiger partial charge in [0, 0.05) is 30.4 Å². The van der Waals surface area contributed by atoms with Crippen molar-refractivity contribution in [2.75, 3.05) is 13.1 Å². The lowest BCUT2D eigenvalue weighted by Gasteiger charge is -2.29. The molecule has 1 amide bonds. The number of ketones is 1. The summed E-state index contributed by atoms with van der Waals surface area (Å²) in [6.07, 6.45) is 3.61. The van der Waals surface area contributed by atoms with E-state index in [1.807, 2.05) is 24.3 Å². The topological polar surface area (TPSA) is 41.8 Å². The molecule has 2 aromatic heterocycles. The number of amides is 1. The number of hydrogen-bond donors (Lipinski definition) is 0. The number of piperidine rings is 1. The lowest BCUT2D eigenvalue weighted by molar-refractivity contribution is -0.127. The van der Waals surface area contributed by atoms with Crippen LogP contribution < -0.4 is 0 Å². The fourth-order valence-electron chi connectivity index (χ4n) is 3.66. The van der Waals surface area contributed by atoms with Gasteiger partial charge in [-0.15, -0.1) is 0 Å². The first kappa shape index (κ1) is 17.5. The van der Waals surface area contributed by atoms with Crippen molar-refractivity contribution in [1.29, 1.82) is 0 Å². The second kappa shape index (κ2) is 6.99. The molecule has 0 spiro atoms. The molecule has 0 N–H and O–H groups in total. The minimum Gasteiger partial charge on any atom is -0.336 e. The smallest absolute Gasteiger partial charge is 0.296 e. The number of halogens is 1. The fourth-order valence-corrected chi connectivity index (χ4v) is 3.66. The van der Waals surface area contributed by atoms with Crippen LogP contribution in [0.4, 0.5) is 4.39 Å². The van der Waals surface area contributed by atoms with Crippen LogP contribution in [-0.2, 0) is 4.79 Å². The summed E-state index contributed by atoms with van der Waals surface area (Å²) in [5.74, 6) is -0.744. The van der Waals surface area contributed by atoms with Crippen molar-refractivity contribution in [3.63, 3.8) is 0 Å². The Balaban J connectivity index is 1.77. The van der Waals surface area contributed by atoms with Gasteiger partial charge in [-0.25, -0.2) is 4.39 Å². The van der Waals surface area contributed by atoms with Gasteiger partial charge in [-0.2, -0.15) is 0 Å². The van der Waals surface area contributed by atoms with Crippen LogP contribution in [0.2, 0.25) is 0 Å². The first-order valence-electron chi connectivity index (χ1n) is 9.24. The third kappa shape index (κ3) is 3.25. The van der Waals surface area contributed by atoms with Crippen LogP contribution in [0.3, 0.4) is 0 Å². The fraction of sp³-hybridized carbons (Fsp3) is 0.273. The van der Waals surface area contributed by atoms with Gasteiger partial charge in [-0.3, -0.25) is 9.59 Å². The van der Waals surface area contributed by atoms with E-state index in [4.69, 9.17) is 0 Å². The third-order valence-corrected chi connectivity index (χ3v) is 5.32. The van der Waals surface area contributed by atoms with Gasteiger partial charge in [-0.1, -0.05) is 25.1 Å². The summed E-state index contributed by atoms with van der Waals surface area (Å²) in [4.78, 5) is 27.7. The molecule has 1 aliphatic heterocycles. The van der Waals surface area contributed by atoms with Crippen LogP contribution in [0.25, 0.3) is 16.6 Å². The maximum Gasteiger partial charge on any atom is 0.296 e. The predicted octanol–water partition coefficient (Wildman–Crippen LogP) is 4.19. The molecule has 5 heteroatoms. The van der Waals surface area contributed by atoms with Crippen molar-refractivity contribution in [3.8, 4) is 11.1 Å². The van der Waals surface area contributed by atoms with Crippen LogP contribution in [0.5, 0.6) is 0 Å². The van der Waals surface area contributed by atoms with Gasteiger partial charge in [-0.05, 0) is 54.7 Å². The zero-order chi connectivity index (χ0) is 19.0. The highest BCUT2D eigenvalue weighted by Crippen LogP contribution is 2.29. The number of Topliss-reactive ketones (excluding diaryl/α,β-unsaturated/α-hetero) is 1. The molecule has 0 radical (unpaired) electrons. The standard InChI is InChI=1S/C22H21FN2O2/c1-15-9-12-24(13-10-15)22(27)21(26)20-19(16-5-7-17(23)8-6-16)14-18-4-2-3-11-25(18)20/h2-8,11,14-15H,9-10,12-13H2,1H3. The average Bonchev–Trinajstić information content (AvgIpc) is 3.07. The number of benzene rings is 1. The van der Waals surface area contributed by atoms with E-state index in [0.29, 0.717) is 35.8 Å². The van der Waals surface area contributed by atoms with Gasteiger partial charge in [0.05, 0.1) is 0 Å². The summed E-state index contributed by atoms with van der Waals surface area (Å²) in [6.45, 7) is 3.39. The monoisotopic (exact) mass is 364 g/mol. The van der Waals surface area contributed by atoms with Gasteiger partial charge >= 0.3 is 0 Å². The number of aromatic nitrogens is 1. The van der Waals surface area contributed by atoms with Crippen LogP contribution in [0.15, 0.2) is 54.7 Å². The zero-order valence-electron chi connectivity index (χ0n) is 15.2. The average molecular weight is 364 g/mol. The van der Waals surface area contributed by atoms with Crippen molar-refractivity contribution in [2.24, 2.45) is 5.92 Å². The zero-order valence-corrected chi connectivity index (χ0v) is 15.2. The van der Waals surface area contributed by atoms with Gasteiger partial charge in [0.15, 0.2) is 0 Å². The maximum absolute atomic E-state index is 13.3. The molecule has 4 nitrogen and oxygen atoms in total. The number of likely N-dealkylation sites (tertiary alicyclic amines) is 1. The van der Waals surface area contributed by atoms with Crippen LogP contribution >= 0.6 is 0 Å². The SMILES string of the molecule is CC1CCN(C(=O)C(=O)c2c(-c3ccc(F)cc3)cc3ccccn23)CC1. The molecule has 138 valence electrons. The highest BCUT2D eigenvalue weighted by molar-refractivity contribution is 6.43. The molecule has 1 aromatic carbocycles. The third-order valence-electron chi connectivity index (χ3n) is 5.32. The van der Waals surface area contributed by atoms with E-state index in [1.165, 1.54) is 12.1 Å². The first-order valence-corrected chi connectivity index (χ1v) is 9.24. The number of carbonyl (C=O) groups is 2. The largest absolute Gasteiger partial charge is 0.336 e. The normalized spacial score (nSPS) is 15.3. The molecule has 0 unspecified atom stereocenters. The molecule has 1 fully saturated rings. The molecule has 0 atom stereocenters. The Labute approximate surface area is 157 Å². The summed E-state index contributed by atoms with van der Waals surface area (Å²) in [7, 11) is 0. The molecular formula is C22H21FN2O2. The second-order valence-electron chi connectivity index (χ2n) is 7.21. The second-order valence-corrected chi connectivity index (χ2v) is 7.21. The van der Waals surface area contributed by atoms with Gasteiger partial charge in [0.25, 0.3) is 11.7 Å².